The second kappa shape index (κ2) is 8.48. The van der Waals surface area contributed by atoms with Gasteiger partial charge in [-0.15, -0.1) is 0 Å². The molecule has 0 spiro atoms. The second-order valence-corrected chi connectivity index (χ2v) is 7.64. The van der Waals surface area contributed by atoms with Gasteiger partial charge in [0.2, 0.25) is 11.8 Å². The third kappa shape index (κ3) is 5.30. The van der Waals surface area contributed by atoms with Crippen molar-refractivity contribution in [2.45, 2.75) is 39.7 Å². The molecule has 1 aliphatic heterocycles. The number of carbonyl (C=O) groups is 2. The summed E-state index contributed by atoms with van der Waals surface area (Å²) in [6.07, 6.45) is 0. The molecule has 0 saturated carbocycles. The van der Waals surface area contributed by atoms with Crippen LogP contribution in [0, 0.1) is 5.92 Å². The molecule has 0 radical (unpaired) electrons. The number of benzene rings is 1. The van der Waals surface area contributed by atoms with Crippen molar-refractivity contribution in [3.63, 3.8) is 0 Å². The van der Waals surface area contributed by atoms with E-state index in [1.807, 2.05) is 4.90 Å². The highest BCUT2D eigenvalue weighted by molar-refractivity contribution is 5.82. The van der Waals surface area contributed by atoms with Crippen LogP contribution in [0.4, 0.5) is 0 Å². The number of amides is 2. The molecule has 1 aromatic carbocycles. The number of rotatable bonds is 6. The lowest BCUT2D eigenvalue weighted by atomic mass is 9.93. The monoisotopic (exact) mass is 345 g/mol. The van der Waals surface area contributed by atoms with E-state index >= 15 is 0 Å². The second-order valence-electron chi connectivity index (χ2n) is 7.64. The lowest BCUT2D eigenvalue weighted by Crippen LogP contribution is -2.51. The molecular formula is C20H31N3O2. The molecule has 0 aromatic heterocycles. The first-order chi connectivity index (χ1) is 11.8. The minimum absolute atomic E-state index is 0.0168. The van der Waals surface area contributed by atoms with Gasteiger partial charge in [-0.2, -0.15) is 0 Å². The maximum atomic E-state index is 12.5. The third-order valence-corrected chi connectivity index (χ3v) is 4.85. The van der Waals surface area contributed by atoms with Crippen LogP contribution in [0.15, 0.2) is 24.3 Å². The Kier molecular flexibility index (Phi) is 6.59. The lowest BCUT2D eigenvalue weighted by Gasteiger charge is -2.32. The van der Waals surface area contributed by atoms with E-state index in [1.165, 1.54) is 5.56 Å². The van der Waals surface area contributed by atoms with Crippen LogP contribution < -0.4 is 5.32 Å². The molecule has 25 heavy (non-hydrogen) atoms. The average Bonchev–Trinajstić information content (AvgIpc) is 2.56. The first-order valence-corrected chi connectivity index (χ1v) is 9.13. The Hall–Kier alpha value is -1.88. The Labute approximate surface area is 151 Å². The molecule has 5 heteroatoms. The molecule has 1 aliphatic rings. The van der Waals surface area contributed by atoms with Crippen molar-refractivity contribution in [2.75, 3.05) is 33.2 Å². The summed E-state index contributed by atoms with van der Waals surface area (Å²) < 4.78 is 0. The van der Waals surface area contributed by atoms with Gasteiger partial charge in [-0.05, 0) is 23.0 Å². The number of likely N-dealkylation sites (N-methyl/N-ethyl adjacent to an activating group) is 1. The van der Waals surface area contributed by atoms with E-state index in [2.05, 4.69) is 57.3 Å². The van der Waals surface area contributed by atoms with E-state index < -0.39 is 0 Å². The third-order valence-electron chi connectivity index (χ3n) is 4.85. The van der Waals surface area contributed by atoms with E-state index in [1.54, 1.807) is 11.9 Å². The summed E-state index contributed by atoms with van der Waals surface area (Å²) in [4.78, 5) is 27.9. The van der Waals surface area contributed by atoms with Gasteiger partial charge in [0, 0.05) is 20.1 Å². The normalized spacial score (nSPS) is 17.2. The van der Waals surface area contributed by atoms with Crippen LogP contribution in [0.2, 0.25) is 0 Å². The van der Waals surface area contributed by atoms with Crippen LogP contribution in [0.25, 0.3) is 0 Å². The van der Waals surface area contributed by atoms with Gasteiger partial charge in [0.1, 0.15) is 0 Å². The Balaban J connectivity index is 1.98. The minimum Gasteiger partial charge on any atom is -0.348 e. The highest BCUT2D eigenvalue weighted by Crippen LogP contribution is 2.24. The molecule has 1 aromatic rings. The fourth-order valence-corrected chi connectivity index (χ4v) is 3.09. The molecule has 5 nitrogen and oxygen atoms in total. The zero-order valence-corrected chi connectivity index (χ0v) is 16.1. The Bertz CT molecular complexity index is 595. The van der Waals surface area contributed by atoms with Gasteiger partial charge < -0.3 is 10.2 Å². The largest absolute Gasteiger partial charge is 0.348 e. The van der Waals surface area contributed by atoms with Crippen molar-refractivity contribution in [3.05, 3.63) is 35.4 Å². The molecule has 1 fully saturated rings. The van der Waals surface area contributed by atoms with E-state index in [9.17, 15) is 9.59 Å². The number of carbonyl (C=O) groups excluding carboxylic acids is 2. The number of hydrogen-bond donors (Lipinski definition) is 1. The summed E-state index contributed by atoms with van der Waals surface area (Å²) in [5, 5.41) is 3.15. The van der Waals surface area contributed by atoms with E-state index in [-0.39, 0.29) is 24.4 Å². The predicted molar refractivity (Wildman–Crippen MR) is 100 cm³/mol. The number of hydrogen-bond acceptors (Lipinski definition) is 3. The Morgan fingerprint density at radius 2 is 1.68 bits per heavy atom. The first-order valence-electron chi connectivity index (χ1n) is 9.13. The molecule has 2 amide bonds. The predicted octanol–water partition coefficient (Wildman–Crippen LogP) is 2.40. The molecule has 0 unspecified atom stereocenters. The molecular weight excluding hydrogens is 314 g/mol. The number of piperazine rings is 1. The molecule has 138 valence electrons. The van der Waals surface area contributed by atoms with Gasteiger partial charge in [-0.3, -0.25) is 14.5 Å². The number of nitrogens with zero attached hydrogens (tertiary/aromatic N) is 2. The van der Waals surface area contributed by atoms with Crippen LogP contribution in [-0.4, -0.2) is 54.8 Å². The Morgan fingerprint density at radius 3 is 2.20 bits per heavy atom. The van der Waals surface area contributed by atoms with Gasteiger partial charge in [0.15, 0.2) is 0 Å². The van der Waals surface area contributed by atoms with Crippen LogP contribution >= 0.6 is 0 Å². The standard InChI is InChI=1S/C20H31N3O2/c1-14(2)16-6-8-17(9-7-16)20(15(3)4)21-18(24)12-23-11-10-22(5)19(25)13-23/h6-9,14-15,20H,10-13H2,1-5H3,(H,21,24)/t20-/m0/s1. The highest BCUT2D eigenvalue weighted by atomic mass is 16.2. The Morgan fingerprint density at radius 1 is 1.08 bits per heavy atom. The van der Waals surface area contributed by atoms with Crippen molar-refractivity contribution in [2.24, 2.45) is 5.92 Å². The molecule has 0 bridgehead atoms. The van der Waals surface area contributed by atoms with Crippen molar-refractivity contribution in [1.82, 2.24) is 15.1 Å². The quantitative estimate of drug-likeness (QED) is 0.861. The number of nitrogens with one attached hydrogen (secondary N) is 1. The fourth-order valence-electron chi connectivity index (χ4n) is 3.09. The van der Waals surface area contributed by atoms with Crippen LogP contribution in [0.5, 0.6) is 0 Å². The van der Waals surface area contributed by atoms with E-state index in [0.717, 1.165) is 12.1 Å². The van der Waals surface area contributed by atoms with Gasteiger partial charge in [-0.1, -0.05) is 52.0 Å². The van der Waals surface area contributed by atoms with Crippen LogP contribution in [0.3, 0.4) is 0 Å². The topological polar surface area (TPSA) is 52.7 Å². The van der Waals surface area contributed by atoms with E-state index in [0.29, 0.717) is 24.9 Å². The summed E-state index contributed by atoms with van der Waals surface area (Å²) in [5.74, 6) is 0.839. The SMILES string of the molecule is CC(C)c1ccc([C@@H](NC(=O)CN2CCN(C)C(=O)C2)C(C)C)cc1. The summed E-state index contributed by atoms with van der Waals surface area (Å²) in [7, 11) is 1.80. The zero-order valence-electron chi connectivity index (χ0n) is 16.1. The maximum Gasteiger partial charge on any atom is 0.236 e. The smallest absolute Gasteiger partial charge is 0.236 e. The minimum atomic E-state index is -0.0241. The van der Waals surface area contributed by atoms with Crippen molar-refractivity contribution >= 4 is 11.8 Å². The van der Waals surface area contributed by atoms with Crippen molar-refractivity contribution in [1.29, 1.82) is 0 Å². The molecule has 1 heterocycles. The van der Waals surface area contributed by atoms with Crippen LogP contribution in [-0.2, 0) is 9.59 Å². The van der Waals surface area contributed by atoms with Gasteiger partial charge in [-0.25, -0.2) is 0 Å². The van der Waals surface area contributed by atoms with Crippen LogP contribution in [0.1, 0.15) is 50.8 Å². The summed E-state index contributed by atoms with van der Waals surface area (Å²) >= 11 is 0. The van der Waals surface area contributed by atoms with Crippen molar-refractivity contribution in [3.8, 4) is 0 Å². The molecule has 0 aliphatic carbocycles. The first kappa shape index (κ1) is 19.4. The molecule has 1 atom stereocenters. The highest BCUT2D eigenvalue weighted by Gasteiger charge is 2.24. The van der Waals surface area contributed by atoms with Crippen molar-refractivity contribution < 1.29 is 9.59 Å². The van der Waals surface area contributed by atoms with Gasteiger partial charge in [0.25, 0.3) is 0 Å². The zero-order chi connectivity index (χ0) is 18.6. The molecule has 1 saturated heterocycles. The van der Waals surface area contributed by atoms with Gasteiger partial charge in [0.05, 0.1) is 19.1 Å². The van der Waals surface area contributed by atoms with E-state index in [4.69, 9.17) is 0 Å². The summed E-state index contributed by atoms with van der Waals surface area (Å²) in [6, 6.07) is 8.48. The summed E-state index contributed by atoms with van der Waals surface area (Å²) in [5.41, 5.74) is 2.43. The van der Waals surface area contributed by atoms with Gasteiger partial charge >= 0.3 is 0 Å². The lowest BCUT2D eigenvalue weighted by molar-refractivity contribution is -0.135. The average molecular weight is 345 g/mol. The summed E-state index contributed by atoms with van der Waals surface area (Å²) in [6.45, 7) is 10.6. The fraction of sp³-hybridized carbons (Fsp3) is 0.600. The molecule has 1 N–H and O–H groups in total. The maximum absolute atomic E-state index is 12.5. The molecule has 2 rings (SSSR count).